The number of ether oxygens (including phenoxy) is 3. The van der Waals surface area contributed by atoms with E-state index >= 15 is 0 Å². The van der Waals surface area contributed by atoms with Crippen molar-refractivity contribution in [2.45, 2.75) is 19.3 Å². The van der Waals surface area contributed by atoms with E-state index in [0.717, 1.165) is 41.0 Å². The van der Waals surface area contributed by atoms with Gasteiger partial charge in [0.1, 0.15) is 5.65 Å². The van der Waals surface area contributed by atoms with Gasteiger partial charge in [-0.1, -0.05) is 12.1 Å². The number of carbonyl (C=O) groups excluding carboxylic acids is 1. The number of benzene rings is 2. The lowest BCUT2D eigenvalue weighted by molar-refractivity contribution is -0.140. The predicted molar refractivity (Wildman–Crippen MR) is 126 cm³/mol. The van der Waals surface area contributed by atoms with Gasteiger partial charge in [-0.25, -0.2) is 9.97 Å². The molecule has 8 nitrogen and oxygen atoms in total. The van der Waals surface area contributed by atoms with Crippen molar-refractivity contribution in [3.8, 4) is 22.8 Å². The molecule has 0 aliphatic carbocycles. The number of methoxy groups -OCH3 is 3. The van der Waals surface area contributed by atoms with Gasteiger partial charge >= 0.3 is 5.97 Å². The van der Waals surface area contributed by atoms with Crippen LogP contribution in [0.2, 0.25) is 0 Å². The molecule has 0 aliphatic heterocycles. The maximum Gasteiger partial charge on any atom is 0.305 e. The number of anilines is 2. The number of rotatable bonds is 9. The Morgan fingerprint density at radius 1 is 1.00 bits per heavy atom. The van der Waals surface area contributed by atoms with Gasteiger partial charge in [-0.2, -0.15) is 0 Å². The van der Waals surface area contributed by atoms with Crippen LogP contribution in [0.5, 0.6) is 11.5 Å². The van der Waals surface area contributed by atoms with Gasteiger partial charge in [-0.3, -0.25) is 9.20 Å². The molecule has 33 heavy (non-hydrogen) atoms. The highest BCUT2D eigenvalue weighted by Gasteiger charge is 2.12. The fourth-order valence-electron chi connectivity index (χ4n) is 3.58. The van der Waals surface area contributed by atoms with Gasteiger partial charge in [0.25, 0.3) is 0 Å². The van der Waals surface area contributed by atoms with Crippen LogP contribution in [0.25, 0.3) is 16.9 Å². The molecule has 0 fully saturated rings. The minimum atomic E-state index is -0.182. The van der Waals surface area contributed by atoms with Crippen molar-refractivity contribution in [2.75, 3.05) is 26.6 Å². The average Bonchev–Trinajstić information content (AvgIpc) is 3.33. The molecule has 0 saturated carbocycles. The summed E-state index contributed by atoms with van der Waals surface area (Å²) in [4.78, 5) is 20.6. The van der Waals surface area contributed by atoms with Crippen molar-refractivity contribution in [1.29, 1.82) is 0 Å². The summed E-state index contributed by atoms with van der Waals surface area (Å²) in [6.07, 6.45) is 5.59. The largest absolute Gasteiger partial charge is 0.493 e. The summed E-state index contributed by atoms with van der Waals surface area (Å²) in [5, 5.41) is 3.39. The van der Waals surface area contributed by atoms with Gasteiger partial charge < -0.3 is 19.5 Å². The van der Waals surface area contributed by atoms with Crippen molar-refractivity contribution < 1.29 is 19.0 Å². The Labute approximate surface area is 192 Å². The lowest BCUT2D eigenvalue weighted by atomic mass is 10.1. The Kier molecular flexibility index (Phi) is 6.73. The number of nitrogens with one attached hydrogen (secondary N) is 1. The maximum atomic E-state index is 11.3. The molecule has 2 aromatic heterocycles. The van der Waals surface area contributed by atoms with Crippen molar-refractivity contribution in [1.82, 2.24) is 14.4 Å². The second-order valence-corrected chi connectivity index (χ2v) is 7.44. The van der Waals surface area contributed by atoms with Crippen LogP contribution in [0.3, 0.4) is 0 Å². The van der Waals surface area contributed by atoms with Crippen LogP contribution in [0.1, 0.15) is 18.4 Å². The molecule has 2 heterocycles. The van der Waals surface area contributed by atoms with Crippen LogP contribution in [0.15, 0.2) is 60.9 Å². The van der Waals surface area contributed by atoms with Gasteiger partial charge in [0.05, 0.1) is 27.0 Å². The fraction of sp³-hybridized carbons (Fsp3) is 0.240. The topological polar surface area (TPSA) is 87.0 Å². The molecule has 0 aliphatic rings. The second-order valence-electron chi connectivity index (χ2n) is 7.44. The third-order valence-electron chi connectivity index (χ3n) is 5.35. The quantitative estimate of drug-likeness (QED) is 0.374. The minimum absolute atomic E-state index is 0.182. The lowest BCUT2D eigenvalue weighted by Crippen LogP contribution is -2.03. The van der Waals surface area contributed by atoms with E-state index in [9.17, 15) is 4.79 Å². The first-order chi connectivity index (χ1) is 16.1. The normalized spacial score (nSPS) is 10.8. The van der Waals surface area contributed by atoms with Crippen molar-refractivity contribution in [2.24, 2.45) is 0 Å². The summed E-state index contributed by atoms with van der Waals surface area (Å²) in [6, 6.07) is 15.7. The van der Waals surface area contributed by atoms with Crippen LogP contribution >= 0.6 is 0 Å². The van der Waals surface area contributed by atoms with Crippen molar-refractivity contribution in [3.05, 3.63) is 66.5 Å². The highest BCUT2D eigenvalue weighted by molar-refractivity contribution is 5.70. The third kappa shape index (κ3) is 5.06. The zero-order valence-corrected chi connectivity index (χ0v) is 18.9. The van der Waals surface area contributed by atoms with Gasteiger partial charge in [-0.05, 0) is 48.7 Å². The summed E-state index contributed by atoms with van der Waals surface area (Å²) in [5.41, 5.74) is 4.48. The zero-order chi connectivity index (χ0) is 23.2. The van der Waals surface area contributed by atoms with Gasteiger partial charge in [0.2, 0.25) is 5.95 Å². The summed E-state index contributed by atoms with van der Waals surface area (Å²) in [5.74, 6) is 1.76. The molecule has 0 saturated heterocycles. The van der Waals surface area contributed by atoms with Gasteiger partial charge in [0, 0.05) is 36.1 Å². The standard InChI is InChI=1S/C25H26N4O4/c1-31-21-12-9-18(15-22(21)32-2)20-16-23-26-13-14-29(23)25(28-20)27-19-10-7-17(8-11-19)5-4-6-24(30)33-3/h7-16H,4-6H2,1-3H3,(H,27,28). The highest BCUT2D eigenvalue weighted by atomic mass is 16.5. The third-order valence-corrected chi connectivity index (χ3v) is 5.35. The number of nitrogens with zero attached hydrogens (tertiary/aromatic N) is 3. The van der Waals surface area contributed by atoms with Crippen LogP contribution < -0.4 is 14.8 Å². The molecule has 4 aromatic rings. The van der Waals surface area contributed by atoms with E-state index in [1.165, 1.54) is 7.11 Å². The van der Waals surface area contributed by atoms with E-state index in [2.05, 4.69) is 10.3 Å². The SMILES string of the molecule is COC(=O)CCCc1ccc(Nc2nc(-c3ccc(OC)c(OC)c3)cc3nccn23)cc1. The summed E-state index contributed by atoms with van der Waals surface area (Å²) >= 11 is 0. The molecular formula is C25H26N4O4. The number of esters is 1. The first kappa shape index (κ1) is 22.1. The number of hydrogen-bond donors (Lipinski definition) is 1. The first-order valence-corrected chi connectivity index (χ1v) is 10.6. The van der Waals surface area contributed by atoms with Crippen LogP contribution in [-0.2, 0) is 16.0 Å². The molecule has 2 aromatic carbocycles. The van der Waals surface area contributed by atoms with Gasteiger partial charge in [-0.15, -0.1) is 0 Å². The van der Waals surface area contributed by atoms with E-state index in [-0.39, 0.29) is 5.97 Å². The van der Waals surface area contributed by atoms with Gasteiger partial charge in [0.15, 0.2) is 11.5 Å². The minimum Gasteiger partial charge on any atom is -0.493 e. The highest BCUT2D eigenvalue weighted by Crippen LogP contribution is 2.32. The van der Waals surface area contributed by atoms with Crippen LogP contribution in [-0.4, -0.2) is 41.7 Å². The molecule has 0 spiro atoms. The van der Waals surface area contributed by atoms with E-state index < -0.39 is 0 Å². The number of imidazole rings is 1. The second kappa shape index (κ2) is 10.0. The molecule has 0 amide bonds. The molecule has 170 valence electrons. The molecule has 0 unspecified atom stereocenters. The Morgan fingerprint density at radius 2 is 1.79 bits per heavy atom. The summed E-state index contributed by atoms with van der Waals surface area (Å²) in [7, 11) is 4.63. The van der Waals surface area contributed by atoms with E-state index in [1.54, 1.807) is 20.4 Å². The molecular weight excluding hydrogens is 420 g/mol. The molecule has 4 rings (SSSR count). The zero-order valence-electron chi connectivity index (χ0n) is 18.9. The number of aryl methyl sites for hydroxylation is 1. The Balaban J connectivity index is 1.57. The summed E-state index contributed by atoms with van der Waals surface area (Å²) in [6.45, 7) is 0. The predicted octanol–water partition coefficient (Wildman–Crippen LogP) is 4.65. The van der Waals surface area contributed by atoms with Crippen molar-refractivity contribution in [3.63, 3.8) is 0 Å². The first-order valence-electron chi connectivity index (χ1n) is 10.6. The smallest absolute Gasteiger partial charge is 0.305 e. The van der Waals surface area contributed by atoms with E-state index in [4.69, 9.17) is 19.2 Å². The van der Waals surface area contributed by atoms with E-state index in [1.807, 2.05) is 59.1 Å². The Bertz CT molecular complexity index is 1250. The van der Waals surface area contributed by atoms with Crippen LogP contribution in [0, 0.1) is 0 Å². The maximum absolute atomic E-state index is 11.3. The lowest BCUT2D eigenvalue weighted by Gasteiger charge is -2.13. The Morgan fingerprint density at radius 3 is 2.52 bits per heavy atom. The number of fused-ring (bicyclic) bond motifs is 1. The number of aromatic nitrogens is 3. The number of hydrogen-bond acceptors (Lipinski definition) is 7. The molecule has 1 N–H and O–H groups in total. The Hall–Kier alpha value is -4.07. The molecule has 0 atom stereocenters. The average molecular weight is 447 g/mol. The molecule has 0 bridgehead atoms. The summed E-state index contributed by atoms with van der Waals surface area (Å²) < 4.78 is 17.4. The fourth-order valence-corrected chi connectivity index (χ4v) is 3.58. The monoisotopic (exact) mass is 446 g/mol. The van der Waals surface area contributed by atoms with Crippen molar-refractivity contribution >= 4 is 23.3 Å². The van der Waals surface area contributed by atoms with E-state index in [0.29, 0.717) is 23.9 Å². The molecule has 8 heteroatoms. The number of carbonyl (C=O) groups is 1. The van der Waals surface area contributed by atoms with Crippen LogP contribution in [0.4, 0.5) is 11.6 Å². The molecule has 0 radical (unpaired) electrons.